The molecule has 2 N–H and O–H groups in total. The van der Waals surface area contributed by atoms with Crippen molar-refractivity contribution in [2.75, 3.05) is 19.0 Å². The first-order chi connectivity index (χ1) is 7.62. The molecule has 1 aromatic rings. The number of ether oxygens (including phenoxy) is 1. The van der Waals surface area contributed by atoms with Gasteiger partial charge in [0.25, 0.3) is 0 Å². The Morgan fingerprint density at radius 2 is 2.19 bits per heavy atom. The fourth-order valence-electron chi connectivity index (χ4n) is 1.66. The maximum Gasteiger partial charge on any atom is 0.214 e. The number of aliphatic hydroxyl groups is 1. The number of fused-ring (bicyclic) bond motifs is 1. The molecule has 1 atom stereocenters. The fraction of sp³-hybridized carbons (Fsp3) is 0.400. The van der Waals surface area contributed by atoms with Gasteiger partial charge in [-0.05, 0) is 6.07 Å². The Hall–Kier alpha value is -1.11. The van der Waals surface area contributed by atoms with Gasteiger partial charge >= 0.3 is 0 Å². The summed E-state index contributed by atoms with van der Waals surface area (Å²) in [4.78, 5) is 0. The van der Waals surface area contributed by atoms with Crippen LogP contribution in [-0.4, -0.2) is 32.5 Å². The van der Waals surface area contributed by atoms with E-state index in [1.165, 1.54) is 0 Å². The summed E-state index contributed by atoms with van der Waals surface area (Å²) in [5.74, 6) is 0.422. The number of sulfonamides is 1. The number of rotatable bonds is 4. The average molecular weight is 243 g/mol. The van der Waals surface area contributed by atoms with Gasteiger partial charge in [0.1, 0.15) is 12.4 Å². The second-order valence-corrected chi connectivity index (χ2v) is 5.44. The summed E-state index contributed by atoms with van der Waals surface area (Å²) in [5, 5.41) is 8.62. The normalized spacial score (nSPS) is 19.2. The molecule has 6 heteroatoms. The molecule has 0 saturated heterocycles. The highest BCUT2D eigenvalue weighted by Crippen LogP contribution is 2.31. The molecular formula is C10H13NO4S. The van der Waals surface area contributed by atoms with Crippen LogP contribution in [0.15, 0.2) is 24.3 Å². The molecule has 0 saturated carbocycles. The molecule has 1 aliphatic rings. The highest BCUT2D eigenvalue weighted by atomic mass is 32.2. The standard InChI is InChI=1S/C10H13NO4S/c12-5-6-16(13,14)11-9-7-15-10-4-2-1-3-8(9)10/h1-4,9,11-12H,5-7H2. The lowest BCUT2D eigenvalue weighted by molar-refractivity contribution is 0.314. The van der Waals surface area contributed by atoms with E-state index in [0.717, 1.165) is 5.56 Å². The zero-order chi connectivity index (χ0) is 11.6. The van der Waals surface area contributed by atoms with Gasteiger partial charge in [-0.2, -0.15) is 0 Å². The van der Waals surface area contributed by atoms with E-state index in [4.69, 9.17) is 9.84 Å². The summed E-state index contributed by atoms with van der Waals surface area (Å²) in [7, 11) is -3.44. The van der Waals surface area contributed by atoms with Crippen molar-refractivity contribution in [2.45, 2.75) is 6.04 Å². The average Bonchev–Trinajstić information content (AvgIpc) is 2.61. The first kappa shape index (κ1) is 11.4. The zero-order valence-corrected chi connectivity index (χ0v) is 9.40. The Bertz CT molecular complexity index is 471. The molecule has 5 nitrogen and oxygen atoms in total. The van der Waals surface area contributed by atoms with Gasteiger partial charge in [-0.1, -0.05) is 18.2 Å². The van der Waals surface area contributed by atoms with Crippen molar-refractivity contribution >= 4 is 10.0 Å². The molecule has 0 amide bonds. The van der Waals surface area contributed by atoms with Crippen molar-refractivity contribution in [3.8, 4) is 5.75 Å². The third-order valence-electron chi connectivity index (χ3n) is 2.38. The molecule has 88 valence electrons. The first-order valence-corrected chi connectivity index (χ1v) is 6.60. The van der Waals surface area contributed by atoms with Gasteiger partial charge in [0.2, 0.25) is 10.0 Å². The van der Waals surface area contributed by atoms with Crippen LogP contribution in [0.3, 0.4) is 0 Å². The van der Waals surface area contributed by atoms with Gasteiger partial charge in [0, 0.05) is 5.56 Å². The minimum absolute atomic E-state index is 0.286. The maximum absolute atomic E-state index is 11.5. The molecule has 2 rings (SSSR count). The van der Waals surface area contributed by atoms with Crippen molar-refractivity contribution < 1.29 is 18.3 Å². The van der Waals surface area contributed by atoms with Crippen LogP contribution in [-0.2, 0) is 10.0 Å². The highest BCUT2D eigenvalue weighted by molar-refractivity contribution is 7.89. The van der Waals surface area contributed by atoms with Crippen molar-refractivity contribution in [3.63, 3.8) is 0 Å². The van der Waals surface area contributed by atoms with E-state index in [1.54, 1.807) is 6.07 Å². The minimum Gasteiger partial charge on any atom is -0.491 e. The van der Waals surface area contributed by atoms with E-state index in [2.05, 4.69) is 4.72 Å². The van der Waals surface area contributed by atoms with E-state index >= 15 is 0 Å². The van der Waals surface area contributed by atoms with Crippen LogP contribution in [0, 0.1) is 0 Å². The molecule has 1 heterocycles. The van der Waals surface area contributed by atoms with Gasteiger partial charge in [-0.15, -0.1) is 0 Å². The third kappa shape index (κ3) is 2.34. The Morgan fingerprint density at radius 3 is 2.94 bits per heavy atom. The second kappa shape index (κ2) is 4.40. The van der Waals surface area contributed by atoms with Crippen LogP contribution in [0.4, 0.5) is 0 Å². The van der Waals surface area contributed by atoms with Crippen molar-refractivity contribution in [1.82, 2.24) is 4.72 Å². The third-order valence-corrected chi connectivity index (χ3v) is 3.75. The summed E-state index contributed by atoms with van der Waals surface area (Å²) in [6.45, 7) is -0.0887. The highest BCUT2D eigenvalue weighted by Gasteiger charge is 2.27. The fourth-order valence-corrected chi connectivity index (χ4v) is 2.64. The summed E-state index contributed by atoms with van der Waals surface area (Å²) < 4.78 is 30.8. The smallest absolute Gasteiger partial charge is 0.214 e. The summed E-state index contributed by atoms with van der Waals surface area (Å²) in [6.07, 6.45) is 0. The number of hydrogen-bond acceptors (Lipinski definition) is 4. The monoisotopic (exact) mass is 243 g/mol. The number of aliphatic hydroxyl groups excluding tert-OH is 1. The largest absolute Gasteiger partial charge is 0.491 e. The zero-order valence-electron chi connectivity index (χ0n) is 8.59. The molecule has 0 aromatic heterocycles. The molecule has 0 spiro atoms. The maximum atomic E-state index is 11.5. The molecule has 0 radical (unpaired) electrons. The molecule has 0 bridgehead atoms. The predicted octanol–water partition coefficient (Wildman–Crippen LogP) is 0.0318. The number of nitrogens with one attached hydrogen (secondary N) is 1. The lowest BCUT2D eigenvalue weighted by Gasteiger charge is -2.11. The van der Waals surface area contributed by atoms with Crippen LogP contribution >= 0.6 is 0 Å². The van der Waals surface area contributed by atoms with Crippen LogP contribution in [0.1, 0.15) is 11.6 Å². The topological polar surface area (TPSA) is 75.6 Å². The molecular weight excluding hydrogens is 230 g/mol. The van der Waals surface area contributed by atoms with Crippen molar-refractivity contribution in [3.05, 3.63) is 29.8 Å². The molecule has 1 aliphatic heterocycles. The summed E-state index contributed by atoms with van der Waals surface area (Å²) in [5.41, 5.74) is 0.837. The minimum atomic E-state index is -3.44. The quantitative estimate of drug-likeness (QED) is 0.782. The van der Waals surface area contributed by atoms with Gasteiger partial charge in [0.15, 0.2) is 0 Å². The molecule has 16 heavy (non-hydrogen) atoms. The van der Waals surface area contributed by atoms with Crippen LogP contribution in [0.5, 0.6) is 5.75 Å². The Labute approximate surface area is 94.1 Å². The number of benzene rings is 1. The van der Waals surface area contributed by atoms with E-state index in [9.17, 15) is 8.42 Å². The number of hydrogen-bond donors (Lipinski definition) is 2. The van der Waals surface area contributed by atoms with E-state index < -0.39 is 10.0 Å². The van der Waals surface area contributed by atoms with Gasteiger partial charge in [-0.25, -0.2) is 13.1 Å². The van der Waals surface area contributed by atoms with Crippen molar-refractivity contribution in [1.29, 1.82) is 0 Å². The van der Waals surface area contributed by atoms with Gasteiger partial charge in [0.05, 0.1) is 18.4 Å². The number of para-hydroxylation sites is 1. The lowest BCUT2D eigenvalue weighted by Crippen LogP contribution is -2.32. The van der Waals surface area contributed by atoms with Crippen LogP contribution in [0.25, 0.3) is 0 Å². The molecule has 0 aliphatic carbocycles. The van der Waals surface area contributed by atoms with E-state index in [-0.39, 0.29) is 18.4 Å². The molecule has 0 fully saturated rings. The van der Waals surface area contributed by atoms with Crippen LogP contribution < -0.4 is 9.46 Å². The van der Waals surface area contributed by atoms with Gasteiger partial charge < -0.3 is 9.84 Å². The van der Waals surface area contributed by atoms with Crippen molar-refractivity contribution in [2.24, 2.45) is 0 Å². The SMILES string of the molecule is O=S(=O)(CCO)NC1COc2ccccc21. The Balaban J connectivity index is 2.15. The van der Waals surface area contributed by atoms with Crippen LogP contribution in [0.2, 0.25) is 0 Å². The summed E-state index contributed by atoms with van der Waals surface area (Å²) in [6, 6.07) is 6.95. The van der Waals surface area contributed by atoms with E-state index in [1.807, 2.05) is 18.2 Å². The van der Waals surface area contributed by atoms with E-state index in [0.29, 0.717) is 12.4 Å². The Morgan fingerprint density at radius 1 is 1.44 bits per heavy atom. The Kier molecular flexibility index (Phi) is 3.13. The van der Waals surface area contributed by atoms with Gasteiger partial charge in [-0.3, -0.25) is 0 Å². The second-order valence-electron chi connectivity index (χ2n) is 3.56. The first-order valence-electron chi connectivity index (χ1n) is 4.95. The lowest BCUT2D eigenvalue weighted by atomic mass is 10.1. The predicted molar refractivity (Wildman–Crippen MR) is 58.7 cm³/mol. The molecule has 1 aromatic carbocycles. The summed E-state index contributed by atoms with van der Waals surface area (Å²) >= 11 is 0. The molecule has 1 unspecified atom stereocenters.